The molecule has 0 aliphatic carbocycles. The van der Waals surface area contributed by atoms with Gasteiger partial charge in [-0.2, -0.15) is 5.10 Å². The summed E-state index contributed by atoms with van der Waals surface area (Å²) in [5.41, 5.74) is 4.71. The molecule has 6 nitrogen and oxygen atoms in total. The third-order valence-electron chi connectivity index (χ3n) is 4.92. The van der Waals surface area contributed by atoms with E-state index in [9.17, 15) is 9.00 Å². The number of aromatic nitrogens is 2. The normalized spacial score (nSPS) is 16.3. The van der Waals surface area contributed by atoms with Gasteiger partial charge in [-0.1, -0.05) is 35.9 Å². The van der Waals surface area contributed by atoms with Crippen molar-refractivity contribution in [2.24, 2.45) is 0 Å². The molecule has 0 fully saturated rings. The average molecular weight is 410 g/mol. The number of carbonyl (C=O) groups is 1. The standard InChI is InChI=1S/C22H23N3O3S/c1-14-9-10-20(15(2)11-14)25-21(18-12-29(27)13-19(18)24-25)23-22(26)16(3)28-17-7-5-4-6-8-17/h4-11,16H,12-13H2,1-3H3,(H,23,26)/t16-,29+/m1/s1. The topological polar surface area (TPSA) is 73.2 Å². The number of nitrogens with zero attached hydrogens (tertiary/aromatic N) is 2. The zero-order chi connectivity index (χ0) is 20.5. The second kappa shape index (κ2) is 7.83. The predicted molar refractivity (Wildman–Crippen MR) is 114 cm³/mol. The molecule has 7 heteroatoms. The van der Waals surface area contributed by atoms with Crippen molar-refractivity contribution in [1.29, 1.82) is 0 Å². The van der Waals surface area contributed by atoms with Crippen molar-refractivity contribution >= 4 is 22.5 Å². The molecular formula is C22H23N3O3S. The number of hydrogen-bond donors (Lipinski definition) is 1. The van der Waals surface area contributed by atoms with Crippen LogP contribution in [0.2, 0.25) is 0 Å². The summed E-state index contributed by atoms with van der Waals surface area (Å²) in [6.07, 6.45) is -0.692. The summed E-state index contributed by atoms with van der Waals surface area (Å²) in [4.78, 5) is 12.9. The summed E-state index contributed by atoms with van der Waals surface area (Å²) < 4.78 is 19.6. The summed E-state index contributed by atoms with van der Waals surface area (Å²) in [6.45, 7) is 5.76. The number of amides is 1. The molecule has 4 rings (SSSR count). The minimum atomic E-state index is -0.988. The van der Waals surface area contributed by atoms with Crippen molar-refractivity contribution in [1.82, 2.24) is 9.78 Å². The van der Waals surface area contributed by atoms with Crippen LogP contribution >= 0.6 is 0 Å². The molecular weight excluding hydrogens is 386 g/mol. The fraction of sp³-hybridized carbons (Fsp3) is 0.273. The molecule has 1 aliphatic heterocycles. The van der Waals surface area contributed by atoms with Crippen LogP contribution in [0.1, 0.15) is 29.3 Å². The quantitative estimate of drug-likeness (QED) is 0.698. The van der Waals surface area contributed by atoms with E-state index in [0.717, 1.165) is 28.1 Å². The first-order valence-electron chi connectivity index (χ1n) is 9.48. The lowest BCUT2D eigenvalue weighted by Crippen LogP contribution is -2.31. The Morgan fingerprint density at radius 1 is 1.17 bits per heavy atom. The van der Waals surface area contributed by atoms with Gasteiger partial charge in [0.05, 0.1) is 22.9 Å². The zero-order valence-corrected chi connectivity index (χ0v) is 17.5. The Hall–Kier alpha value is -2.93. The van der Waals surface area contributed by atoms with Gasteiger partial charge in [0, 0.05) is 16.4 Å². The van der Waals surface area contributed by atoms with E-state index in [0.29, 0.717) is 23.1 Å². The van der Waals surface area contributed by atoms with Gasteiger partial charge in [-0.05, 0) is 44.5 Å². The highest BCUT2D eigenvalue weighted by Crippen LogP contribution is 2.32. The lowest BCUT2D eigenvalue weighted by atomic mass is 10.1. The number of benzene rings is 2. The van der Waals surface area contributed by atoms with E-state index in [1.807, 2.05) is 56.3 Å². The third kappa shape index (κ3) is 3.96. The first-order chi connectivity index (χ1) is 13.9. The van der Waals surface area contributed by atoms with Crippen molar-refractivity contribution in [2.45, 2.75) is 38.4 Å². The maximum Gasteiger partial charge on any atom is 0.266 e. The Balaban J connectivity index is 1.65. The maximum atomic E-state index is 12.9. The van der Waals surface area contributed by atoms with E-state index >= 15 is 0 Å². The van der Waals surface area contributed by atoms with Crippen LogP contribution in [0, 0.1) is 13.8 Å². The first kappa shape index (κ1) is 19.4. The lowest BCUT2D eigenvalue weighted by Gasteiger charge is -2.17. The van der Waals surface area contributed by atoms with Crippen molar-refractivity contribution < 1.29 is 13.7 Å². The number of nitrogens with one attached hydrogen (secondary N) is 1. The highest BCUT2D eigenvalue weighted by atomic mass is 32.2. The number of aryl methyl sites for hydroxylation is 2. The smallest absolute Gasteiger partial charge is 0.266 e. The van der Waals surface area contributed by atoms with Gasteiger partial charge in [0.15, 0.2) is 6.10 Å². The molecule has 1 N–H and O–H groups in total. The Morgan fingerprint density at radius 2 is 1.93 bits per heavy atom. The second-order valence-electron chi connectivity index (χ2n) is 7.27. The Kier molecular flexibility index (Phi) is 5.24. The molecule has 2 heterocycles. The molecule has 2 atom stereocenters. The van der Waals surface area contributed by atoms with Gasteiger partial charge >= 0.3 is 0 Å². The van der Waals surface area contributed by atoms with Gasteiger partial charge in [0.25, 0.3) is 5.91 Å². The van der Waals surface area contributed by atoms with Crippen LogP contribution in [0.25, 0.3) is 5.69 Å². The van der Waals surface area contributed by atoms with E-state index in [4.69, 9.17) is 4.74 Å². The van der Waals surface area contributed by atoms with Crippen LogP contribution < -0.4 is 10.1 Å². The molecule has 1 aliphatic rings. The summed E-state index contributed by atoms with van der Waals surface area (Å²) in [6, 6.07) is 15.3. The lowest BCUT2D eigenvalue weighted by molar-refractivity contribution is -0.122. The molecule has 1 aromatic heterocycles. The van der Waals surface area contributed by atoms with Crippen LogP contribution in [0.3, 0.4) is 0 Å². The van der Waals surface area contributed by atoms with Crippen molar-refractivity contribution in [3.8, 4) is 11.4 Å². The molecule has 2 aromatic carbocycles. The van der Waals surface area contributed by atoms with E-state index in [1.165, 1.54) is 0 Å². The van der Waals surface area contributed by atoms with Gasteiger partial charge in [-0.3, -0.25) is 9.00 Å². The fourth-order valence-electron chi connectivity index (χ4n) is 3.45. The molecule has 0 saturated carbocycles. The van der Waals surface area contributed by atoms with Gasteiger partial charge in [0.2, 0.25) is 0 Å². The highest BCUT2D eigenvalue weighted by molar-refractivity contribution is 7.83. The number of rotatable bonds is 5. The number of fused-ring (bicyclic) bond motifs is 1. The van der Waals surface area contributed by atoms with Crippen molar-refractivity contribution in [3.63, 3.8) is 0 Å². The predicted octanol–water partition coefficient (Wildman–Crippen LogP) is 3.66. The first-order valence-corrected chi connectivity index (χ1v) is 11.0. The molecule has 1 amide bonds. The molecule has 0 spiro atoms. The molecule has 0 bridgehead atoms. The maximum absolute atomic E-state index is 12.9. The van der Waals surface area contributed by atoms with E-state index in [1.54, 1.807) is 11.6 Å². The fourth-order valence-corrected chi connectivity index (χ4v) is 4.71. The Morgan fingerprint density at radius 3 is 2.66 bits per heavy atom. The summed E-state index contributed by atoms with van der Waals surface area (Å²) in [5.74, 6) is 1.73. The summed E-state index contributed by atoms with van der Waals surface area (Å²) in [5, 5.41) is 7.64. The number of carbonyl (C=O) groups excluding carboxylic acids is 1. The van der Waals surface area contributed by atoms with Crippen LogP contribution in [0.4, 0.5) is 5.82 Å². The number of anilines is 1. The molecule has 0 unspecified atom stereocenters. The number of para-hydroxylation sites is 1. The summed E-state index contributed by atoms with van der Waals surface area (Å²) >= 11 is 0. The van der Waals surface area contributed by atoms with Crippen LogP contribution in [0.15, 0.2) is 48.5 Å². The Bertz CT molecular complexity index is 1090. The molecule has 3 aromatic rings. The van der Waals surface area contributed by atoms with Crippen molar-refractivity contribution in [2.75, 3.05) is 5.32 Å². The average Bonchev–Trinajstić information content (AvgIpc) is 3.19. The van der Waals surface area contributed by atoms with Crippen LogP contribution in [-0.2, 0) is 27.1 Å². The third-order valence-corrected chi connectivity index (χ3v) is 6.12. The largest absolute Gasteiger partial charge is 0.481 e. The van der Waals surface area contributed by atoms with Gasteiger partial charge in [-0.25, -0.2) is 4.68 Å². The van der Waals surface area contributed by atoms with Crippen LogP contribution in [0.5, 0.6) is 5.75 Å². The second-order valence-corrected chi connectivity index (χ2v) is 8.72. The molecule has 0 saturated heterocycles. The summed E-state index contributed by atoms with van der Waals surface area (Å²) in [7, 11) is -0.988. The molecule has 0 radical (unpaired) electrons. The number of hydrogen-bond acceptors (Lipinski definition) is 4. The van der Waals surface area contributed by atoms with E-state index in [-0.39, 0.29) is 5.91 Å². The van der Waals surface area contributed by atoms with Gasteiger partial charge in [0.1, 0.15) is 11.6 Å². The van der Waals surface area contributed by atoms with E-state index < -0.39 is 16.9 Å². The van der Waals surface area contributed by atoms with Crippen LogP contribution in [-0.4, -0.2) is 26.0 Å². The Labute approximate surface area is 172 Å². The SMILES string of the molecule is Cc1ccc(-n2nc3c(c2NC(=O)[C@@H](C)Oc2ccccc2)C[S@](=O)C3)c(C)c1. The number of ether oxygens (including phenoxy) is 1. The minimum Gasteiger partial charge on any atom is -0.481 e. The van der Waals surface area contributed by atoms with Gasteiger partial charge in [-0.15, -0.1) is 0 Å². The molecule has 29 heavy (non-hydrogen) atoms. The monoisotopic (exact) mass is 409 g/mol. The van der Waals surface area contributed by atoms with Gasteiger partial charge < -0.3 is 10.1 Å². The minimum absolute atomic E-state index is 0.278. The molecule has 150 valence electrons. The zero-order valence-electron chi connectivity index (χ0n) is 16.6. The van der Waals surface area contributed by atoms with E-state index in [2.05, 4.69) is 16.5 Å². The highest BCUT2D eigenvalue weighted by Gasteiger charge is 2.29. The van der Waals surface area contributed by atoms with Crippen molar-refractivity contribution in [3.05, 3.63) is 70.9 Å².